The normalized spacial score (nSPS) is 12.1. The van der Waals surface area contributed by atoms with Crippen molar-refractivity contribution < 1.29 is 18.3 Å². The number of aliphatic carboxylic acids is 1. The van der Waals surface area contributed by atoms with E-state index in [-0.39, 0.29) is 14.9 Å². The van der Waals surface area contributed by atoms with E-state index in [0.29, 0.717) is 0 Å². The molecule has 0 bridgehead atoms. The quantitative estimate of drug-likeness (QED) is 0.902. The first kappa shape index (κ1) is 16.2. The number of halogens is 2. The molecule has 1 N–H and O–H groups in total. The Balaban J connectivity index is 3.30. The third-order valence-corrected chi connectivity index (χ3v) is 4.75. The molecule has 0 radical (unpaired) electrons. The number of carboxylic acids is 1. The van der Waals surface area contributed by atoms with Crippen LogP contribution in [0.4, 0.5) is 0 Å². The molecule has 0 amide bonds. The van der Waals surface area contributed by atoms with E-state index in [1.165, 1.54) is 18.2 Å². The van der Waals surface area contributed by atoms with E-state index < -0.39 is 28.6 Å². The molecule has 0 saturated heterocycles. The summed E-state index contributed by atoms with van der Waals surface area (Å²) in [6.45, 7) is 2.56. The van der Waals surface area contributed by atoms with E-state index in [1.807, 2.05) is 0 Å². The van der Waals surface area contributed by atoms with E-state index in [0.717, 1.165) is 4.31 Å². The smallest absolute Gasteiger partial charge is 0.318 e. The molecule has 0 aliphatic carbocycles. The minimum Gasteiger partial charge on any atom is -0.480 e. The highest BCUT2D eigenvalue weighted by atomic mass is 35.5. The fraction of sp³-hybridized carbons (Fsp3) is 0.364. The summed E-state index contributed by atoms with van der Waals surface area (Å²) in [5.41, 5.74) is 0. The molecule has 1 aromatic rings. The maximum Gasteiger partial charge on any atom is 0.318 e. The molecule has 0 aliphatic heterocycles. The van der Waals surface area contributed by atoms with Gasteiger partial charge in [-0.3, -0.25) is 4.79 Å². The molecule has 1 rings (SSSR count). The van der Waals surface area contributed by atoms with Gasteiger partial charge in [-0.25, -0.2) is 8.42 Å². The van der Waals surface area contributed by atoms with Crippen molar-refractivity contribution in [2.45, 2.75) is 24.8 Å². The molecule has 0 aromatic heterocycles. The fourth-order valence-corrected chi connectivity index (χ4v) is 3.80. The standard InChI is InChI=1S/C11H13Cl2NO4S/c1-7(2)14(6-11(15)16)19(17,18)10-4-8(12)3-9(13)5-10/h3-5,7H,6H2,1-2H3,(H,15,16). The summed E-state index contributed by atoms with van der Waals surface area (Å²) in [5.74, 6) is -1.23. The molecule has 19 heavy (non-hydrogen) atoms. The number of carbonyl (C=O) groups is 1. The van der Waals surface area contributed by atoms with E-state index in [4.69, 9.17) is 28.3 Å². The van der Waals surface area contributed by atoms with Crippen LogP contribution >= 0.6 is 23.2 Å². The highest BCUT2D eigenvalue weighted by Gasteiger charge is 2.29. The average Bonchev–Trinajstić information content (AvgIpc) is 2.23. The van der Waals surface area contributed by atoms with Crippen LogP contribution in [-0.2, 0) is 14.8 Å². The lowest BCUT2D eigenvalue weighted by Crippen LogP contribution is -2.40. The van der Waals surface area contributed by atoms with Crippen LogP contribution in [-0.4, -0.2) is 36.4 Å². The summed E-state index contributed by atoms with van der Waals surface area (Å²) < 4.78 is 25.6. The Labute approximate surface area is 121 Å². The lowest BCUT2D eigenvalue weighted by Gasteiger charge is -2.24. The number of nitrogens with zero attached hydrogens (tertiary/aromatic N) is 1. The number of sulfonamides is 1. The summed E-state index contributed by atoms with van der Waals surface area (Å²) in [4.78, 5) is 10.6. The molecular weight excluding hydrogens is 313 g/mol. The molecule has 0 aliphatic rings. The van der Waals surface area contributed by atoms with Gasteiger partial charge in [0.05, 0.1) is 4.90 Å². The van der Waals surface area contributed by atoms with Gasteiger partial charge in [0.1, 0.15) is 6.54 Å². The van der Waals surface area contributed by atoms with Crippen LogP contribution in [0.25, 0.3) is 0 Å². The minimum absolute atomic E-state index is 0.125. The summed E-state index contributed by atoms with van der Waals surface area (Å²) in [6.07, 6.45) is 0. The van der Waals surface area contributed by atoms with E-state index >= 15 is 0 Å². The number of hydrogen-bond donors (Lipinski definition) is 1. The summed E-state index contributed by atoms with van der Waals surface area (Å²) >= 11 is 11.5. The molecule has 0 spiro atoms. The number of benzene rings is 1. The fourth-order valence-electron chi connectivity index (χ4n) is 1.49. The van der Waals surface area contributed by atoms with Gasteiger partial charge in [-0.05, 0) is 32.0 Å². The SMILES string of the molecule is CC(C)N(CC(=O)O)S(=O)(=O)c1cc(Cl)cc(Cl)c1. The van der Waals surface area contributed by atoms with Crippen molar-refractivity contribution in [1.82, 2.24) is 4.31 Å². The molecule has 8 heteroatoms. The molecule has 0 atom stereocenters. The van der Waals surface area contributed by atoms with E-state index in [9.17, 15) is 13.2 Å². The van der Waals surface area contributed by atoms with Crippen LogP contribution in [0.1, 0.15) is 13.8 Å². The lowest BCUT2D eigenvalue weighted by molar-refractivity contribution is -0.137. The van der Waals surface area contributed by atoms with Crippen molar-refractivity contribution in [2.75, 3.05) is 6.54 Å². The second-order valence-corrected chi connectivity index (χ2v) is 6.91. The molecular formula is C11H13Cl2NO4S. The van der Waals surface area contributed by atoms with Gasteiger partial charge in [-0.1, -0.05) is 23.2 Å². The zero-order valence-electron chi connectivity index (χ0n) is 10.3. The molecule has 5 nitrogen and oxygen atoms in total. The van der Waals surface area contributed by atoms with Crippen molar-refractivity contribution in [3.8, 4) is 0 Å². The number of rotatable bonds is 5. The molecule has 0 heterocycles. The second kappa shape index (κ2) is 6.09. The molecule has 1 aromatic carbocycles. The maximum absolute atomic E-state index is 12.4. The first-order chi connectivity index (χ1) is 8.64. The van der Waals surface area contributed by atoms with Gasteiger partial charge in [0.15, 0.2) is 0 Å². The summed E-state index contributed by atoms with van der Waals surface area (Å²) in [5, 5.41) is 9.14. The highest BCUT2D eigenvalue weighted by Crippen LogP contribution is 2.25. The predicted octanol–water partition coefficient (Wildman–Crippen LogP) is 2.48. The van der Waals surface area contributed by atoms with Crippen molar-refractivity contribution in [3.63, 3.8) is 0 Å². The Kier molecular flexibility index (Phi) is 5.20. The van der Waals surface area contributed by atoms with Crippen LogP contribution in [0.2, 0.25) is 10.0 Å². The average molecular weight is 326 g/mol. The monoisotopic (exact) mass is 325 g/mol. The van der Waals surface area contributed by atoms with Crippen LogP contribution < -0.4 is 0 Å². The Morgan fingerprint density at radius 3 is 2.11 bits per heavy atom. The largest absolute Gasteiger partial charge is 0.480 e. The van der Waals surface area contributed by atoms with Crippen LogP contribution in [0.5, 0.6) is 0 Å². The van der Waals surface area contributed by atoms with Gasteiger partial charge in [-0.15, -0.1) is 0 Å². The third-order valence-electron chi connectivity index (χ3n) is 2.31. The van der Waals surface area contributed by atoms with Crippen molar-refractivity contribution in [1.29, 1.82) is 0 Å². The van der Waals surface area contributed by atoms with Crippen molar-refractivity contribution >= 4 is 39.2 Å². The topological polar surface area (TPSA) is 74.7 Å². The molecule has 0 unspecified atom stereocenters. The zero-order valence-corrected chi connectivity index (χ0v) is 12.6. The molecule has 0 fully saturated rings. The number of hydrogen-bond acceptors (Lipinski definition) is 3. The molecule has 106 valence electrons. The minimum atomic E-state index is -3.96. The Morgan fingerprint density at radius 2 is 1.74 bits per heavy atom. The summed E-state index contributed by atoms with van der Waals surface area (Å²) in [7, 11) is -3.96. The van der Waals surface area contributed by atoms with Crippen LogP contribution in [0.15, 0.2) is 23.1 Å². The Bertz CT molecular complexity index is 566. The Hall–Kier alpha value is -0.820. The third kappa shape index (κ3) is 4.07. The van der Waals surface area contributed by atoms with E-state index in [1.54, 1.807) is 13.8 Å². The van der Waals surface area contributed by atoms with Gasteiger partial charge < -0.3 is 5.11 Å². The van der Waals surface area contributed by atoms with Gasteiger partial charge in [0.2, 0.25) is 10.0 Å². The first-order valence-electron chi connectivity index (χ1n) is 5.34. The second-order valence-electron chi connectivity index (χ2n) is 4.14. The lowest BCUT2D eigenvalue weighted by atomic mass is 10.4. The highest BCUT2D eigenvalue weighted by molar-refractivity contribution is 7.89. The van der Waals surface area contributed by atoms with Crippen LogP contribution in [0.3, 0.4) is 0 Å². The molecule has 0 saturated carbocycles. The first-order valence-corrected chi connectivity index (χ1v) is 7.54. The Morgan fingerprint density at radius 1 is 1.26 bits per heavy atom. The van der Waals surface area contributed by atoms with Gasteiger partial charge in [0.25, 0.3) is 0 Å². The van der Waals surface area contributed by atoms with E-state index in [2.05, 4.69) is 0 Å². The van der Waals surface area contributed by atoms with Crippen LogP contribution in [0, 0.1) is 0 Å². The number of carboxylic acid groups (broad SMARTS) is 1. The maximum atomic E-state index is 12.4. The predicted molar refractivity (Wildman–Crippen MR) is 73.1 cm³/mol. The van der Waals surface area contributed by atoms with Gasteiger partial charge >= 0.3 is 5.97 Å². The summed E-state index contributed by atoms with van der Waals surface area (Å²) in [6, 6.07) is 3.37. The van der Waals surface area contributed by atoms with Gasteiger partial charge in [-0.2, -0.15) is 4.31 Å². The van der Waals surface area contributed by atoms with Crippen molar-refractivity contribution in [2.24, 2.45) is 0 Å². The van der Waals surface area contributed by atoms with Crippen molar-refractivity contribution in [3.05, 3.63) is 28.2 Å². The zero-order chi connectivity index (χ0) is 14.8. The van der Waals surface area contributed by atoms with Gasteiger partial charge in [0, 0.05) is 16.1 Å².